The van der Waals surface area contributed by atoms with Gasteiger partial charge in [0.1, 0.15) is 11.6 Å². The van der Waals surface area contributed by atoms with Crippen molar-refractivity contribution in [3.8, 4) is 5.75 Å². The van der Waals surface area contributed by atoms with Crippen molar-refractivity contribution in [1.29, 1.82) is 0 Å². The Morgan fingerprint density at radius 3 is 2.79 bits per heavy atom. The lowest BCUT2D eigenvalue weighted by molar-refractivity contribution is -0.129. The maximum atomic E-state index is 13.3. The summed E-state index contributed by atoms with van der Waals surface area (Å²) in [5.41, 5.74) is 1.82. The molecule has 1 heterocycles. The van der Waals surface area contributed by atoms with E-state index in [-0.39, 0.29) is 18.3 Å². The highest BCUT2D eigenvalue weighted by Gasteiger charge is 2.22. The van der Waals surface area contributed by atoms with E-state index in [0.717, 1.165) is 16.9 Å². The molecule has 1 amide bonds. The molecular formula is C21H22FN3O3S. The van der Waals surface area contributed by atoms with E-state index in [0.29, 0.717) is 17.7 Å². The van der Waals surface area contributed by atoms with Crippen molar-refractivity contribution in [3.05, 3.63) is 71.4 Å². The number of ether oxygens (including phenoxy) is 1. The first-order valence-electron chi connectivity index (χ1n) is 9.08. The highest BCUT2D eigenvalue weighted by molar-refractivity contribution is 8.00. The van der Waals surface area contributed by atoms with Crippen LogP contribution in [0.1, 0.15) is 23.9 Å². The Hall–Kier alpha value is -2.87. The van der Waals surface area contributed by atoms with Crippen molar-refractivity contribution in [2.24, 2.45) is 0 Å². The van der Waals surface area contributed by atoms with Gasteiger partial charge in [0.05, 0.1) is 5.25 Å². The lowest BCUT2D eigenvalue weighted by Gasteiger charge is -2.20. The lowest BCUT2D eigenvalue weighted by Crippen LogP contribution is -2.32. The van der Waals surface area contributed by atoms with Gasteiger partial charge >= 0.3 is 0 Å². The normalized spacial score (nSPS) is 11.9. The minimum Gasteiger partial charge on any atom is -0.484 e. The van der Waals surface area contributed by atoms with Gasteiger partial charge in [-0.25, -0.2) is 4.39 Å². The molecule has 8 heteroatoms. The fraction of sp³-hybridized carbons (Fsp3) is 0.286. The van der Waals surface area contributed by atoms with Gasteiger partial charge in [0.25, 0.3) is 11.1 Å². The highest BCUT2D eigenvalue weighted by Crippen LogP contribution is 2.24. The average Bonchev–Trinajstić information content (AvgIpc) is 3.13. The number of amides is 1. The van der Waals surface area contributed by atoms with E-state index in [1.54, 1.807) is 31.0 Å². The molecule has 0 saturated carbocycles. The van der Waals surface area contributed by atoms with E-state index in [9.17, 15) is 9.18 Å². The molecule has 0 saturated heterocycles. The summed E-state index contributed by atoms with van der Waals surface area (Å²) in [6, 6.07) is 13.9. The molecule has 6 nitrogen and oxygen atoms in total. The van der Waals surface area contributed by atoms with Crippen LogP contribution in [0.4, 0.5) is 4.39 Å². The highest BCUT2D eigenvalue weighted by atomic mass is 32.2. The summed E-state index contributed by atoms with van der Waals surface area (Å²) in [4.78, 5) is 14.1. The number of benzene rings is 2. The van der Waals surface area contributed by atoms with Crippen molar-refractivity contribution < 1.29 is 18.3 Å². The van der Waals surface area contributed by atoms with E-state index in [1.807, 2.05) is 31.2 Å². The van der Waals surface area contributed by atoms with Crippen LogP contribution in [-0.4, -0.2) is 33.3 Å². The summed E-state index contributed by atoms with van der Waals surface area (Å²) in [5.74, 6) is 0.619. The Bertz CT molecular complexity index is 979. The first kappa shape index (κ1) is 20.9. The van der Waals surface area contributed by atoms with Crippen molar-refractivity contribution in [3.63, 3.8) is 0 Å². The van der Waals surface area contributed by atoms with Crippen LogP contribution in [0.15, 0.2) is 58.2 Å². The Balaban J connectivity index is 1.52. The number of carbonyl (C=O) groups excluding carboxylic acids is 1. The number of carbonyl (C=O) groups is 1. The fourth-order valence-electron chi connectivity index (χ4n) is 2.69. The zero-order valence-corrected chi connectivity index (χ0v) is 17.3. The van der Waals surface area contributed by atoms with Gasteiger partial charge in [-0.1, -0.05) is 36.0 Å². The molecule has 0 fully saturated rings. The number of thioether (sulfide) groups is 1. The van der Waals surface area contributed by atoms with E-state index in [1.165, 1.54) is 23.9 Å². The maximum absolute atomic E-state index is 13.3. The second-order valence-corrected chi connectivity index (χ2v) is 7.94. The molecule has 3 rings (SSSR count). The third-order valence-corrected chi connectivity index (χ3v) is 5.03. The molecule has 3 aromatic rings. The van der Waals surface area contributed by atoms with E-state index >= 15 is 0 Å². The third-order valence-electron chi connectivity index (χ3n) is 4.11. The number of halogens is 1. The number of aromatic nitrogens is 2. The summed E-state index contributed by atoms with van der Waals surface area (Å²) >= 11 is 1.18. The molecule has 0 bridgehead atoms. The van der Waals surface area contributed by atoms with Gasteiger partial charge in [-0.2, -0.15) is 0 Å². The molecule has 0 aliphatic heterocycles. The molecule has 0 N–H and O–H groups in total. The van der Waals surface area contributed by atoms with Gasteiger partial charge < -0.3 is 14.1 Å². The smallest absolute Gasteiger partial charge is 0.277 e. The van der Waals surface area contributed by atoms with Crippen molar-refractivity contribution >= 4 is 17.7 Å². The zero-order valence-electron chi connectivity index (χ0n) is 16.5. The van der Waals surface area contributed by atoms with E-state index in [4.69, 9.17) is 9.15 Å². The van der Waals surface area contributed by atoms with Gasteiger partial charge in [-0.15, -0.1) is 10.2 Å². The Morgan fingerprint density at radius 2 is 2.03 bits per heavy atom. The van der Waals surface area contributed by atoms with Gasteiger partial charge in [0, 0.05) is 13.6 Å². The molecule has 152 valence electrons. The van der Waals surface area contributed by atoms with Crippen molar-refractivity contribution in [2.45, 2.75) is 37.5 Å². The van der Waals surface area contributed by atoms with Crippen LogP contribution in [0.25, 0.3) is 0 Å². The molecular weight excluding hydrogens is 393 g/mol. The maximum Gasteiger partial charge on any atom is 0.277 e. The minimum atomic E-state index is -0.431. The summed E-state index contributed by atoms with van der Waals surface area (Å²) < 4.78 is 24.5. The average molecular weight is 415 g/mol. The largest absolute Gasteiger partial charge is 0.484 e. The van der Waals surface area contributed by atoms with Crippen LogP contribution in [0, 0.1) is 12.7 Å². The Kier molecular flexibility index (Phi) is 6.87. The lowest BCUT2D eigenvalue weighted by atomic mass is 10.2. The molecule has 1 atom stereocenters. The molecule has 0 spiro atoms. The first-order chi connectivity index (χ1) is 13.9. The van der Waals surface area contributed by atoms with Crippen molar-refractivity contribution in [2.75, 3.05) is 7.05 Å². The predicted molar refractivity (Wildman–Crippen MR) is 108 cm³/mol. The second kappa shape index (κ2) is 9.56. The summed E-state index contributed by atoms with van der Waals surface area (Å²) in [6.45, 7) is 4.22. The molecule has 1 aromatic heterocycles. The van der Waals surface area contributed by atoms with Crippen LogP contribution in [0.2, 0.25) is 0 Å². The summed E-state index contributed by atoms with van der Waals surface area (Å²) in [5, 5.41) is 7.80. The van der Waals surface area contributed by atoms with Gasteiger partial charge in [0.15, 0.2) is 6.61 Å². The van der Waals surface area contributed by atoms with Crippen LogP contribution < -0.4 is 4.74 Å². The number of nitrogens with zero attached hydrogens (tertiary/aromatic N) is 3. The SMILES string of the molecule is Cc1cccc(OCc2nnc(S[C@H](C)C(=O)N(C)Cc3cccc(F)c3)o2)c1. The third kappa shape index (κ3) is 6.05. The molecule has 29 heavy (non-hydrogen) atoms. The van der Waals surface area contributed by atoms with Crippen LogP contribution in [0.5, 0.6) is 5.75 Å². The van der Waals surface area contributed by atoms with Crippen molar-refractivity contribution in [1.82, 2.24) is 15.1 Å². The van der Waals surface area contributed by atoms with Crippen LogP contribution in [0.3, 0.4) is 0 Å². The fourth-order valence-corrected chi connectivity index (χ4v) is 3.51. The summed E-state index contributed by atoms with van der Waals surface area (Å²) in [7, 11) is 1.68. The van der Waals surface area contributed by atoms with Crippen LogP contribution in [-0.2, 0) is 17.9 Å². The van der Waals surface area contributed by atoms with E-state index in [2.05, 4.69) is 10.2 Å². The number of hydrogen-bond acceptors (Lipinski definition) is 6. The van der Waals surface area contributed by atoms with E-state index < -0.39 is 5.25 Å². The standard InChI is InChI=1S/C21H22FN3O3S/c1-14-6-4-9-18(10-14)27-13-19-23-24-21(28-19)29-15(2)20(26)25(3)12-16-7-5-8-17(22)11-16/h4-11,15H,12-13H2,1-3H3/t15-/m1/s1. The molecule has 0 aliphatic carbocycles. The molecule has 0 aliphatic rings. The zero-order chi connectivity index (χ0) is 20.8. The molecule has 2 aromatic carbocycles. The Morgan fingerprint density at radius 1 is 1.24 bits per heavy atom. The topological polar surface area (TPSA) is 68.5 Å². The summed E-state index contributed by atoms with van der Waals surface area (Å²) in [6.07, 6.45) is 0. The van der Waals surface area contributed by atoms with Gasteiger partial charge in [-0.05, 0) is 49.2 Å². The number of aryl methyl sites for hydroxylation is 1. The monoisotopic (exact) mass is 415 g/mol. The minimum absolute atomic E-state index is 0.116. The first-order valence-corrected chi connectivity index (χ1v) is 9.96. The van der Waals surface area contributed by atoms with Gasteiger partial charge in [0.2, 0.25) is 5.91 Å². The Labute approximate surface area is 173 Å². The molecule has 0 unspecified atom stereocenters. The second-order valence-electron chi connectivity index (χ2n) is 6.65. The predicted octanol–water partition coefficient (Wildman–Crippen LogP) is 4.24. The quantitative estimate of drug-likeness (QED) is 0.513. The number of rotatable bonds is 8. The molecule has 0 radical (unpaired) electrons. The number of hydrogen-bond donors (Lipinski definition) is 0. The van der Waals surface area contributed by atoms with Gasteiger partial charge in [-0.3, -0.25) is 4.79 Å². The van der Waals surface area contributed by atoms with Crippen LogP contribution >= 0.6 is 11.8 Å².